The first kappa shape index (κ1) is 12.9. The fourth-order valence-electron chi connectivity index (χ4n) is 2.44. The highest BCUT2D eigenvalue weighted by Crippen LogP contribution is 2.35. The molecule has 0 aliphatic carbocycles. The number of halogens is 1. The third-order valence-corrected chi connectivity index (χ3v) is 4.12. The van der Waals surface area contributed by atoms with Crippen LogP contribution in [0.2, 0.25) is 0 Å². The van der Waals surface area contributed by atoms with Crippen molar-refractivity contribution in [2.75, 3.05) is 13.2 Å². The third-order valence-electron chi connectivity index (χ3n) is 3.52. The van der Waals surface area contributed by atoms with Crippen LogP contribution >= 0.6 is 11.6 Å². The summed E-state index contributed by atoms with van der Waals surface area (Å²) in [7, 11) is 0. The van der Waals surface area contributed by atoms with E-state index in [9.17, 15) is 0 Å². The molecule has 1 heterocycles. The van der Waals surface area contributed by atoms with Crippen LogP contribution in [0, 0.1) is 5.92 Å². The highest BCUT2D eigenvalue weighted by Gasteiger charge is 2.23. The monoisotopic (exact) mass is 252 g/mol. The van der Waals surface area contributed by atoms with Crippen LogP contribution < -0.4 is 0 Å². The van der Waals surface area contributed by atoms with E-state index >= 15 is 0 Å². The maximum Gasteiger partial charge on any atom is 0.0615 e. The van der Waals surface area contributed by atoms with Crippen LogP contribution in [0.4, 0.5) is 0 Å². The first-order valence-electron chi connectivity index (χ1n) is 6.62. The molecule has 2 rings (SSSR count). The zero-order chi connectivity index (χ0) is 12.1. The van der Waals surface area contributed by atoms with Gasteiger partial charge in [-0.1, -0.05) is 37.6 Å². The molecule has 2 heteroatoms. The summed E-state index contributed by atoms with van der Waals surface area (Å²) in [4.78, 5) is 0. The van der Waals surface area contributed by atoms with Gasteiger partial charge in [0.25, 0.3) is 0 Å². The lowest BCUT2D eigenvalue weighted by Crippen LogP contribution is -2.19. The van der Waals surface area contributed by atoms with E-state index in [1.54, 1.807) is 0 Å². The van der Waals surface area contributed by atoms with Crippen molar-refractivity contribution in [3.05, 3.63) is 35.4 Å². The van der Waals surface area contributed by atoms with Crippen molar-refractivity contribution in [3.8, 4) is 0 Å². The van der Waals surface area contributed by atoms with E-state index in [0.29, 0.717) is 5.92 Å². The molecule has 0 amide bonds. The Morgan fingerprint density at radius 2 is 1.88 bits per heavy atom. The topological polar surface area (TPSA) is 9.23 Å². The minimum absolute atomic E-state index is 0.148. The number of alkyl halides is 1. The van der Waals surface area contributed by atoms with Gasteiger partial charge in [-0.25, -0.2) is 0 Å². The molecule has 94 valence electrons. The largest absolute Gasteiger partial charge is 0.381 e. The van der Waals surface area contributed by atoms with Gasteiger partial charge in [-0.3, -0.25) is 0 Å². The van der Waals surface area contributed by atoms with Gasteiger partial charge in [-0.05, 0) is 36.3 Å². The average molecular weight is 253 g/mol. The van der Waals surface area contributed by atoms with Crippen molar-refractivity contribution in [1.82, 2.24) is 0 Å². The fourth-order valence-corrected chi connectivity index (χ4v) is 2.83. The predicted molar refractivity (Wildman–Crippen MR) is 72.6 cm³/mol. The van der Waals surface area contributed by atoms with Gasteiger partial charge in [-0.2, -0.15) is 0 Å². The van der Waals surface area contributed by atoms with Crippen molar-refractivity contribution in [2.45, 2.75) is 38.0 Å². The van der Waals surface area contributed by atoms with E-state index in [-0.39, 0.29) is 5.38 Å². The summed E-state index contributed by atoms with van der Waals surface area (Å²) in [6, 6.07) is 8.82. The second-order valence-corrected chi connectivity index (χ2v) is 5.31. The van der Waals surface area contributed by atoms with Crippen LogP contribution in [0.5, 0.6) is 0 Å². The van der Waals surface area contributed by atoms with E-state index < -0.39 is 0 Å². The normalized spacial score (nSPS) is 19.2. The van der Waals surface area contributed by atoms with E-state index in [4.69, 9.17) is 16.3 Å². The van der Waals surface area contributed by atoms with Gasteiger partial charge in [0.1, 0.15) is 0 Å². The molecule has 1 saturated heterocycles. The van der Waals surface area contributed by atoms with E-state index in [1.807, 2.05) is 0 Å². The smallest absolute Gasteiger partial charge is 0.0615 e. The lowest BCUT2D eigenvalue weighted by molar-refractivity contribution is 0.0651. The van der Waals surface area contributed by atoms with Crippen LogP contribution in [-0.4, -0.2) is 13.2 Å². The number of aryl methyl sites for hydroxylation is 1. The molecule has 1 unspecified atom stereocenters. The minimum Gasteiger partial charge on any atom is -0.381 e. The van der Waals surface area contributed by atoms with Crippen LogP contribution in [-0.2, 0) is 11.2 Å². The average Bonchev–Trinajstić information content (AvgIpc) is 2.40. The number of hydrogen-bond donors (Lipinski definition) is 0. The molecule has 1 aliphatic heterocycles. The Balaban J connectivity index is 2.00. The van der Waals surface area contributed by atoms with Crippen molar-refractivity contribution in [3.63, 3.8) is 0 Å². The first-order valence-corrected chi connectivity index (χ1v) is 7.05. The standard InChI is InChI=1S/C15H21ClO/c1-2-3-12-4-6-13(7-5-12)15(16)14-8-10-17-11-9-14/h4-7,14-15H,2-3,8-11H2,1H3. The number of benzene rings is 1. The minimum atomic E-state index is 0.148. The summed E-state index contributed by atoms with van der Waals surface area (Å²) in [5, 5.41) is 0.148. The van der Waals surface area contributed by atoms with Gasteiger partial charge in [0.15, 0.2) is 0 Å². The molecule has 0 saturated carbocycles. The molecule has 1 aliphatic rings. The molecular weight excluding hydrogens is 232 g/mol. The predicted octanol–water partition coefficient (Wildman–Crippen LogP) is 4.35. The third kappa shape index (κ3) is 3.46. The van der Waals surface area contributed by atoms with Crippen molar-refractivity contribution < 1.29 is 4.74 Å². The molecule has 1 aromatic rings. The summed E-state index contributed by atoms with van der Waals surface area (Å²) >= 11 is 6.56. The number of ether oxygens (including phenoxy) is 1. The van der Waals surface area contributed by atoms with Crippen molar-refractivity contribution >= 4 is 11.6 Å². The van der Waals surface area contributed by atoms with E-state index in [1.165, 1.54) is 17.5 Å². The Labute approximate surface area is 109 Å². The van der Waals surface area contributed by atoms with Gasteiger partial charge in [0.2, 0.25) is 0 Å². The summed E-state index contributed by atoms with van der Waals surface area (Å²) < 4.78 is 5.38. The summed E-state index contributed by atoms with van der Waals surface area (Å²) in [6.45, 7) is 3.93. The van der Waals surface area contributed by atoms with E-state index in [0.717, 1.165) is 32.5 Å². The lowest BCUT2D eigenvalue weighted by atomic mass is 9.91. The van der Waals surface area contributed by atoms with Crippen LogP contribution in [0.1, 0.15) is 42.7 Å². The van der Waals surface area contributed by atoms with Crippen LogP contribution in [0.3, 0.4) is 0 Å². The summed E-state index contributed by atoms with van der Waals surface area (Å²) in [6.07, 6.45) is 4.53. The van der Waals surface area contributed by atoms with Crippen molar-refractivity contribution in [2.24, 2.45) is 5.92 Å². The zero-order valence-corrected chi connectivity index (χ0v) is 11.2. The van der Waals surface area contributed by atoms with Gasteiger partial charge in [-0.15, -0.1) is 11.6 Å². The molecule has 1 fully saturated rings. The molecule has 0 radical (unpaired) electrons. The second-order valence-electron chi connectivity index (χ2n) is 4.84. The van der Waals surface area contributed by atoms with E-state index in [2.05, 4.69) is 31.2 Å². The van der Waals surface area contributed by atoms with Gasteiger partial charge in [0.05, 0.1) is 5.38 Å². The second kappa shape index (κ2) is 6.42. The SMILES string of the molecule is CCCc1ccc(C(Cl)C2CCOCC2)cc1. The highest BCUT2D eigenvalue weighted by molar-refractivity contribution is 6.21. The van der Waals surface area contributed by atoms with Gasteiger partial charge >= 0.3 is 0 Å². The Hall–Kier alpha value is -0.530. The Morgan fingerprint density at radius 1 is 1.24 bits per heavy atom. The van der Waals surface area contributed by atoms with Crippen LogP contribution in [0.25, 0.3) is 0 Å². The molecule has 1 atom stereocenters. The lowest BCUT2D eigenvalue weighted by Gasteiger charge is -2.26. The number of hydrogen-bond acceptors (Lipinski definition) is 1. The maximum absolute atomic E-state index is 6.56. The van der Waals surface area contributed by atoms with Gasteiger partial charge < -0.3 is 4.74 Å². The Bertz CT molecular complexity index is 327. The Kier molecular flexibility index (Phi) is 4.87. The molecule has 0 spiro atoms. The molecule has 1 aromatic carbocycles. The molecule has 0 N–H and O–H groups in total. The zero-order valence-electron chi connectivity index (χ0n) is 10.5. The summed E-state index contributed by atoms with van der Waals surface area (Å²) in [5.41, 5.74) is 2.67. The van der Waals surface area contributed by atoms with Crippen molar-refractivity contribution in [1.29, 1.82) is 0 Å². The fraction of sp³-hybridized carbons (Fsp3) is 0.600. The molecule has 0 aromatic heterocycles. The molecule has 17 heavy (non-hydrogen) atoms. The first-order chi connectivity index (χ1) is 8.31. The van der Waals surface area contributed by atoms with Gasteiger partial charge in [0, 0.05) is 13.2 Å². The van der Waals surface area contributed by atoms with Crippen LogP contribution in [0.15, 0.2) is 24.3 Å². The molecular formula is C15H21ClO. The molecule has 1 nitrogen and oxygen atoms in total. The quantitative estimate of drug-likeness (QED) is 0.724. The highest BCUT2D eigenvalue weighted by atomic mass is 35.5. The Morgan fingerprint density at radius 3 is 2.47 bits per heavy atom. The molecule has 0 bridgehead atoms. The maximum atomic E-state index is 6.56. The summed E-state index contributed by atoms with van der Waals surface area (Å²) in [5.74, 6) is 0.572. The number of rotatable bonds is 4.